The molecule has 1 aromatic carbocycles. The number of rotatable bonds is 2. The van der Waals surface area contributed by atoms with Gasteiger partial charge in [0.25, 0.3) is 0 Å². The number of aromatic hydroxyl groups is 1. The number of ketones is 1. The smallest absolute Gasteiger partial charge is 0.239 e. The molecular weight excluding hydrogens is 180 g/mol. The molecule has 0 atom stereocenters. The van der Waals surface area contributed by atoms with Gasteiger partial charge in [-0.15, -0.1) is 0 Å². The number of benzene rings is 1. The number of Topliss-reactive ketones (excluding diaryl/α,β-unsaturated/α-hetero) is 1. The maximum Gasteiger partial charge on any atom is 0.239 e. The summed E-state index contributed by atoms with van der Waals surface area (Å²) in [5.41, 5.74) is 0.165. The molecule has 3 heteroatoms. The van der Waals surface area contributed by atoms with Crippen LogP contribution in [0.2, 0.25) is 0 Å². The van der Waals surface area contributed by atoms with E-state index in [0.29, 0.717) is 5.75 Å². The molecule has 0 aliphatic carbocycles. The van der Waals surface area contributed by atoms with Gasteiger partial charge in [-0.3, -0.25) is 4.79 Å². The van der Waals surface area contributed by atoms with E-state index in [1.165, 1.54) is 19.2 Å². The van der Waals surface area contributed by atoms with Crippen molar-refractivity contribution < 1.29 is 14.6 Å². The maximum absolute atomic E-state index is 11.3. The Labute approximate surface area is 82.3 Å². The molecule has 0 bridgehead atoms. The van der Waals surface area contributed by atoms with Crippen LogP contribution in [0.5, 0.6) is 11.5 Å². The van der Waals surface area contributed by atoms with Gasteiger partial charge in [-0.1, -0.05) is 5.92 Å². The first-order valence-corrected chi connectivity index (χ1v) is 4.03. The van der Waals surface area contributed by atoms with Gasteiger partial charge in [-0.25, -0.2) is 0 Å². The highest BCUT2D eigenvalue weighted by atomic mass is 16.5. The van der Waals surface area contributed by atoms with Crippen molar-refractivity contribution in [2.24, 2.45) is 0 Å². The third-order valence-corrected chi connectivity index (χ3v) is 1.69. The summed E-state index contributed by atoms with van der Waals surface area (Å²) < 4.78 is 4.93. The van der Waals surface area contributed by atoms with Crippen LogP contribution in [0.25, 0.3) is 0 Å². The lowest BCUT2D eigenvalue weighted by Gasteiger charge is -2.02. The number of methoxy groups -OCH3 is 1. The normalized spacial score (nSPS) is 8.71. The Morgan fingerprint density at radius 1 is 1.50 bits per heavy atom. The van der Waals surface area contributed by atoms with E-state index in [1.54, 1.807) is 13.0 Å². The summed E-state index contributed by atoms with van der Waals surface area (Å²) in [6.07, 6.45) is 0. The van der Waals surface area contributed by atoms with E-state index in [4.69, 9.17) is 4.74 Å². The monoisotopic (exact) mass is 190 g/mol. The summed E-state index contributed by atoms with van der Waals surface area (Å²) in [7, 11) is 1.49. The summed E-state index contributed by atoms with van der Waals surface area (Å²) in [4.78, 5) is 11.3. The number of ether oxygens (including phenoxy) is 1. The van der Waals surface area contributed by atoms with Crippen molar-refractivity contribution in [2.75, 3.05) is 7.11 Å². The van der Waals surface area contributed by atoms with Crippen LogP contribution >= 0.6 is 0 Å². The fourth-order valence-corrected chi connectivity index (χ4v) is 1.00. The number of hydrogen-bond acceptors (Lipinski definition) is 3. The quantitative estimate of drug-likeness (QED) is 0.437. The van der Waals surface area contributed by atoms with Gasteiger partial charge in [0.1, 0.15) is 11.5 Å². The second kappa shape index (κ2) is 4.33. The van der Waals surface area contributed by atoms with Crippen molar-refractivity contribution in [3.63, 3.8) is 0 Å². The molecule has 0 aliphatic rings. The highest BCUT2D eigenvalue weighted by Gasteiger charge is 2.09. The SMILES string of the molecule is CC#CC(=O)c1cc(OC)ccc1O. The molecule has 1 rings (SSSR count). The molecular formula is C11H10O3. The molecule has 0 fully saturated rings. The molecule has 14 heavy (non-hydrogen) atoms. The highest BCUT2D eigenvalue weighted by Crippen LogP contribution is 2.22. The zero-order valence-electron chi connectivity index (χ0n) is 8.00. The first-order chi connectivity index (χ1) is 6.69. The molecule has 0 amide bonds. The Morgan fingerprint density at radius 2 is 2.21 bits per heavy atom. The van der Waals surface area contributed by atoms with Crippen molar-refractivity contribution in [1.29, 1.82) is 0 Å². The summed E-state index contributed by atoms with van der Waals surface area (Å²) in [5.74, 6) is 4.85. The molecule has 3 nitrogen and oxygen atoms in total. The van der Waals surface area contributed by atoms with E-state index in [2.05, 4.69) is 11.8 Å². The van der Waals surface area contributed by atoms with Crippen LogP contribution in [0.4, 0.5) is 0 Å². The molecule has 72 valence electrons. The van der Waals surface area contributed by atoms with E-state index in [1.807, 2.05) is 0 Å². The fourth-order valence-electron chi connectivity index (χ4n) is 1.00. The third kappa shape index (κ3) is 2.05. The lowest BCUT2D eigenvalue weighted by atomic mass is 10.1. The number of hydrogen-bond donors (Lipinski definition) is 1. The number of carbonyl (C=O) groups excluding carboxylic acids is 1. The standard InChI is InChI=1S/C11H10O3/c1-3-4-10(12)9-7-8(14-2)5-6-11(9)13/h5-7,13H,1-2H3. The number of phenols is 1. The van der Waals surface area contributed by atoms with Gasteiger partial charge < -0.3 is 9.84 Å². The van der Waals surface area contributed by atoms with Gasteiger partial charge in [-0.2, -0.15) is 0 Å². The highest BCUT2D eigenvalue weighted by molar-refractivity contribution is 6.10. The summed E-state index contributed by atoms with van der Waals surface area (Å²) in [6.45, 7) is 1.56. The van der Waals surface area contributed by atoms with E-state index < -0.39 is 5.78 Å². The molecule has 0 aliphatic heterocycles. The van der Waals surface area contributed by atoms with E-state index in [0.717, 1.165) is 0 Å². The van der Waals surface area contributed by atoms with Gasteiger partial charge in [0.2, 0.25) is 5.78 Å². The van der Waals surface area contributed by atoms with Gasteiger partial charge in [0, 0.05) is 0 Å². The van der Waals surface area contributed by atoms with Crippen LogP contribution in [0.3, 0.4) is 0 Å². The molecule has 0 saturated heterocycles. The van der Waals surface area contributed by atoms with Gasteiger partial charge >= 0.3 is 0 Å². The minimum Gasteiger partial charge on any atom is -0.507 e. The van der Waals surface area contributed by atoms with Crippen molar-refractivity contribution in [3.8, 4) is 23.3 Å². The molecule has 0 heterocycles. The summed E-state index contributed by atoms with van der Waals surface area (Å²) in [5, 5.41) is 9.38. The van der Waals surface area contributed by atoms with Crippen LogP contribution in [0, 0.1) is 11.8 Å². The number of carbonyl (C=O) groups is 1. The van der Waals surface area contributed by atoms with Crippen LogP contribution < -0.4 is 4.74 Å². The third-order valence-electron chi connectivity index (χ3n) is 1.69. The average molecular weight is 190 g/mol. The molecule has 0 radical (unpaired) electrons. The zero-order valence-corrected chi connectivity index (χ0v) is 8.00. The van der Waals surface area contributed by atoms with Crippen molar-refractivity contribution >= 4 is 5.78 Å². The van der Waals surface area contributed by atoms with Crippen LogP contribution in [-0.2, 0) is 0 Å². The average Bonchev–Trinajstić information content (AvgIpc) is 2.19. The predicted molar refractivity (Wildman–Crippen MR) is 52.4 cm³/mol. The molecule has 1 N–H and O–H groups in total. The van der Waals surface area contributed by atoms with Crippen LogP contribution in [0.1, 0.15) is 17.3 Å². The zero-order chi connectivity index (χ0) is 10.6. The van der Waals surface area contributed by atoms with Crippen molar-refractivity contribution in [2.45, 2.75) is 6.92 Å². The molecule has 0 saturated carbocycles. The maximum atomic E-state index is 11.3. The van der Waals surface area contributed by atoms with Crippen molar-refractivity contribution in [3.05, 3.63) is 23.8 Å². The Bertz CT molecular complexity index is 410. The molecule has 0 aromatic heterocycles. The molecule has 0 spiro atoms. The topological polar surface area (TPSA) is 46.5 Å². The summed E-state index contributed by atoms with van der Waals surface area (Å²) >= 11 is 0. The fraction of sp³-hybridized carbons (Fsp3) is 0.182. The first-order valence-electron chi connectivity index (χ1n) is 4.03. The van der Waals surface area contributed by atoms with Crippen LogP contribution in [0.15, 0.2) is 18.2 Å². The minimum atomic E-state index is -0.413. The van der Waals surface area contributed by atoms with E-state index in [-0.39, 0.29) is 11.3 Å². The van der Waals surface area contributed by atoms with Crippen LogP contribution in [-0.4, -0.2) is 18.0 Å². The lowest BCUT2D eigenvalue weighted by molar-refractivity contribution is 0.105. The molecule has 1 aromatic rings. The lowest BCUT2D eigenvalue weighted by Crippen LogP contribution is -1.96. The number of phenolic OH excluding ortho intramolecular Hbond substituents is 1. The first kappa shape index (κ1) is 10.1. The second-order valence-electron chi connectivity index (χ2n) is 2.59. The predicted octanol–water partition coefficient (Wildman–Crippen LogP) is 1.61. The molecule has 0 unspecified atom stereocenters. The Hall–Kier alpha value is -1.95. The van der Waals surface area contributed by atoms with Crippen molar-refractivity contribution in [1.82, 2.24) is 0 Å². The van der Waals surface area contributed by atoms with Gasteiger partial charge in [0.15, 0.2) is 0 Å². The Morgan fingerprint density at radius 3 is 2.79 bits per heavy atom. The van der Waals surface area contributed by atoms with E-state index >= 15 is 0 Å². The summed E-state index contributed by atoms with van der Waals surface area (Å²) in [6, 6.07) is 4.44. The Kier molecular flexibility index (Phi) is 3.14. The Balaban J connectivity index is 3.16. The van der Waals surface area contributed by atoms with E-state index in [9.17, 15) is 9.90 Å². The van der Waals surface area contributed by atoms with Gasteiger partial charge in [0.05, 0.1) is 12.7 Å². The largest absolute Gasteiger partial charge is 0.507 e. The van der Waals surface area contributed by atoms with Gasteiger partial charge in [-0.05, 0) is 31.0 Å². The minimum absolute atomic E-state index is 0.0847. The second-order valence-corrected chi connectivity index (χ2v) is 2.59.